The number of aromatic nitrogens is 1. The fourth-order valence-electron chi connectivity index (χ4n) is 4.76. The number of carbonyl (C=O) groups excluding carboxylic acids is 2. The second-order valence-electron chi connectivity index (χ2n) is 8.80. The summed E-state index contributed by atoms with van der Waals surface area (Å²) in [6, 6.07) is 0.501. The van der Waals surface area contributed by atoms with Crippen LogP contribution in [0, 0.1) is 17.5 Å². The van der Waals surface area contributed by atoms with Crippen LogP contribution in [0.2, 0.25) is 0 Å². The smallest absolute Gasteiger partial charge is 0.278 e. The number of amides is 2. The summed E-state index contributed by atoms with van der Waals surface area (Å²) in [5.74, 6) is -6.00. The van der Waals surface area contributed by atoms with Crippen molar-refractivity contribution in [2.45, 2.75) is 51.5 Å². The minimum atomic E-state index is -1.20. The SMILES string of the molecule is COC[C@@H]1CC[C@H]2N(C(C)C)C(=O)c3c(O)c(=O)c(C(=O)NCc4c(F)cc(F)cc4F)cn3N12. The van der Waals surface area contributed by atoms with Crippen molar-refractivity contribution >= 4 is 11.8 Å². The first kappa shape index (κ1) is 24.6. The first-order valence-corrected chi connectivity index (χ1v) is 11.1. The lowest BCUT2D eigenvalue weighted by Crippen LogP contribution is -2.63. The zero-order valence-electron chi connectivity index (χ0n) is 19.3. The minimum absolute atomic E-state index is 0.210. The van der Waals surface area contributed by atoms with E-state index >= 15 is 0 Å². The van der Waals surface area contributed by atoms with Gasteiger partial charge >= 0.3 is 0 Å². The lowest BCUT2D eigenvalue weighted by Gasteiger charge is -2.46. The summed E-state index contributed by atoms with van der Waals surface area (Å²) in [5.41, 5.74) is -2.51. The van der Waals surface area contributed by atoms with Crippen LogP contribution in [0.3, 0.4) is 0 Å². The quantitative estimate of drug-likeness (QED) is 0.635. The van der Waals surface area contributed by atoms with Gasteiger partial charge in [-0.15, -0.1) is 0 Å². The molecule has 2 aromatic rings. The van der Waals surface area contributed by atoms with E-state index in [4.69, 9.17) is 4.74 Å². The van der Waals surface area contributed by atoms with E-state index in [1.807, 2.05) is 13.8 Å². The standard InChI is InChI=1S/C23H25F3N4O5/c1-11(2)29-18-5-4-13(10-35-3)30(18)28-9-15(20(31)21(32)19(28)23(29)34)22(33)27-8-14-16(25)6-12(24)7-17(14)26/h6-7,9,11,13,18,32H,4-5,8,10H2,1-3H3,(H,27,33)/t13-,18-/m0/s1. The van der Waals surface area contributed by atoms with E-state index in [0.29, 0.717) is 31.6 Å². The molecule has 3 heterocycles. The molecule has 0 spiro atoms. The number of aromatic hydroxyl groups is 1. The molecule has 2 amide bonds. The first-order valence-electron chi connectivity index (χ1n) is 11.1. The second kappa shape index (κ2) is 9.25. The summed E-state index contributed by atoms with van der Waals surface area (Å²) < 4.78 is 47.6. The summed E-state index contributed by atoms with van der Waals surface area (Å²) in [5, 5.41) is 14.7. The Morgan fingerprint density at radius 3 is 2.46 bits per heavy atom. The number of nitrogens with one attached hydrogen (secondary N) is 1. The normalized spacial score (nSPS) is 19.2. The second-order valence-corrected chi connectivity index (χ2v) is 8.80. The van der Waals surface area contributed by atoms with Crippen LogP contribution in [-0.2, 0) is 11.3 Å². The molecule has 0 radical (unpaired) electrons. The number of nitrogens with zero attached hydrogens (tertiary/aromatic N) is 3. The largest absolute Gasteiger partial charge is 0.502 e. The summed E-state index contributed by atoms with van der Waals surface area (Å²) in [6.07, 6.45) is 2.01. The molecule has 0 saturated carbocycles. The molecular weight excluding hydrogens is 469 g/mol. The molecular formula is C23H25F3N4O5. The molecule has 0 unspecified atom stereocenters. The predicted molar refractivity (Wildman–Crippen MR) is 118 cm³/mol. The van der Waals surface area contributed by atoms with Crippen molar-refractivity contribution in [1.29, 1.82) is 0 Å². The van der Waals surface area contributed by atoms with Crippen molar-refractivity contribution in [3.05, 3.63) is 62.8 Å². The highest BCUT2D eigenvalue weighted by atomic mass is 19.1. The topological polar surface area (TPSA) is 104 Å². The highest BCUT2D eigenvalue weighted by molar-refractivity contribution is 5.99. The van der Waals surface area contributed by atoms with Crippen molar-refractivity contribution in [1.82, 2.24) is 14.9 Å². The van der Waals surface area contributed by atoms with Gasteiger partial charge in [0.2, 0.25) is 5.43 Å². The average molecular weight is 494 g/mol. The Hall–Kier alpha value is -3.54. The summed E-state index contributed by atoms with van der Waals surface area (Å²) >= 11 is 0. The maximum absolute atomic E-state index is 13.9. The van der Waals surface area contributed by atoms with Gasteiger partial charge in [0, 0.05) is 43.6 Å². The van der Waals surface area contributed by atoms with E-state index in [1.54, 1.807) is 9.91 Å². The number of ether oxygens (including phenoxy) is 1. The van der Waals surface area contributed by atoms with Gasteiger partial charge in [0.15, 0.2) is 11.4 Å². The molecule has 4 rings (SSSR count). The van der Waals surface area contributed by atoms with Crippen molar-refractivity contribution in [2.24, 2.45) is 0 Å². The number of hydrogen-bond donors (Lipinski definition) is 2. The van der Waals surface area contributed by atoms with Crippen LogP contribution in [0.1, 0.15) is 53.1 Å². The van der Waals surface area contributed by atoms with Crippen molar-refractivity contribution in [2.75, 3.05) is 18.7 Å². The number of halogens is 3. The lowest BCUT2D eigenvalue weighted by molar-refractivity contribution is 0.0491. The molecule has 2 aliphatic heterocycles. The number of benzene rings is 1. The van der Waals surface area contributed by atoms with Gasteiger partial charge in [0.25, 0.3) is 11.8 Å². The Kier molecular flexibility index (Phi) is 6.50. The maximum atomic E-state index is 13.9. The van der Waals surface area contributed by atoms with Gasteiger partial charge in [0.1, 0.15) is 29.2 Å². The van der Waals surface area contributed by atoms with Gasteiger partial charge < -0.3 is 20.1 Å². The van der Waals surface area contributed by atoms with Crippen LogP contribution in [0.5, 0.6) is 5.75 Å². The molecule has 1 aromatic carbocycles. The van der Waals surface area contributed by atoms with Crippen LogP contribution in [0.15, 0.2) is 23.1 Å². The highest BCUT2D eigenvalue weighted by Gasteiger charge is 2.47. The van der Waals surface area contributed by atoms with E-state index in [1.165, 1.54) is 11.8 Å². The highest BCUT2D eigenvalue weighted by Crippen LogP contribution is 2.34. The summed E-state index contributed by atoms with van der Waals surface area (Å²) in [7, 11) is 1.53. The van der Waals surface area contributed by atoms with Gasteiger partial charge in [-0.25, -0.2) is 13.2 Å². The molecule has 2 atom stereocenters. The number of carbonyl (C=O) groups is 2. The molecule has 1 fully saturated rings. The monoisotopic (exact) mass is 494 g/mol. The van der Waals surface area contributed by atoms with Crippen LogP contribution >= 0.6 is 0 Å². The number of hydrogen-bond acceptors (Lipinski definition) is 6. The van der Waals surface area contributed by atoms with Crippen molar-refractivity contribution < 1.29 is 32.6 Å². The molecule has 12 heteroatoms. The fourth-order valence-corrected chi connectivity index (χ4v) is 4.76. The number of rotatable bonds is 6. The van der Waals surface area contributed by atoms with Crippen LogP contribution in [0.25, 0.3) is 0 Å². The maximum Gasteiger partial charge on any atom is 0.278 e. The van der Waals surface area contributed by atoms with E-state index in [-0.39, 0.29) is 17.8 Å². The third-order valence-corrected chi connectivity index (χ3v) is 6.30. The number of methoxy groups -OCH3 is 1. The fraction of sp³-hybridized carbons (Fsp3) is 0.435. The third kappa shape index (κ3) is 4.11. The van der Waals surface area contributed by atoms with E-state index in [0.717, 1.165) is 6.20 Å². The molecule has 1 saturated heterocycles. The zero-order valence-corrected chi connectivity index (χ0v) is 19.3. The van der Waals surface area contributed by atoms with Gasteiger partial charge in [-0.1, -0.05) is 0 Å². The van der Waals surface area contributed by atoms with Crippen LogP contribution in [0.4, 0.5) is 13.2 Å². The lowest BCUT2D eigenvalue weighted by atomic mass is 10.1. The summed E-state index contributed by atoms with van der Waals surface area (Å²) in [4.78, 5) is 40.5. The van der Waals surface area contributed by atoms with Gasteiger partial charge in [-0.3, -0.25) is 24.1 Å². The molecule has 2 aliphatic rings. The van der Waals surface area contributed by atoms with Gasteiger partial charge in [-0.2, -0.15) is 0 Å². The van der Waals surface area contributed by atoms with E-state index < -0.39 is 64.3 Å². The van der Waals surface area contributed by atoms with Crippen molar-refractivity contribution in [3.8, 4) is 5.75 Å². The molecule has 2 N–H and O–H groups in total. The molecule has 1 aromatic heterocycles. The average Bonchev–Trinajstić information content (AvgIpc) is 3.18. The molecule has 188 valence electrons. The predicted octanol–water partition coefficient (Wildman–Crippen LogP) is 1.84. The van der Waals surface area contributed by atoms with Crippen LogP contribution in [-0.4, -0.2) is 58.5 Å². The van der Waals surface area contributed by atoms with Gasteiger partial charge in [-0.05, 0) is 26.7 Å². The Balaban J connectivity index is 1.74. The van der Waals surface area contributed by atoms with Crippen LogP contribution < -0.4 is 15.8 Å². The minimum Gasteiger partial charge on any atom is -0.502 e. The molecule has 0 bridgehead atoms. The molecule has 35 heavy (non-hydrogen) atoms. The zero-order chi connectivity index (χ0) is 25.6. The third-order valence-electron chi connectivity index (χ3n) is 6.30. The first-order chi connectivity index (χ1) is 16.6. The van der Waals surface area contributed by atoms with Crippen molar-refractivity contribution in [3.63, 3.8) is 0 Å². The van der Waals surface area contributed by atoms with E-state index in [2.05, 4.69) is 5.32 Å². The summed E-state index contributed by atoms with van der Waals surface area (Å²) in [6.45, 7) is 3.27. The van der Waals surface area contributed by atoms with Gasteiger partial charge in [0.05, 0.1) is 12.6 Å². The molecule has 9 nitrogen and oxygen atoms in total. The Morgan fingerprint density at radius 2 is 1.86 bits per heavy atom. The Morgan fingerprint density at radius 1 is 1.20 bits per heavy atom. The number of fused-ring (bicyclic) bond motifs is 3. The Labute approximate surface area is 198 Å². The Bertz CT molecular complexity index is 1230. The van der Waals surface area contributed by atoms with E-state index in [9.17, 15) is 32.7 Å². The molecule has 0 aliphatic carbocycles. The number of pyridine rings is 1.